The minimum absolute atomic E-state index is 0.0432. The lowest BCUT2D eigenvalue weighted by molar-refractivity contribution is -0.0393. The second kappa shape index (κ2) is 5.76. The summed E-state index contributed by atoms with van der Waals surface area (Å²) in [5.41, 5.74) is -0.858. The molecule has 0 spiro atoms. The molecule has 2 N–H and O–H groups in total. The molecule has 2 heterocycles. The average Bonchev–Trinajstić information content (AvgIpc) is 2.37. The van der Waals surface area contributed by atoms with Crippen LogP contribution in [0.2, 0.25) is 0 Å². The van der Waals surface area contributed by atoms with Crippen LogP contribution in [0.25, 0.3) is 0 Å². The van der Waals surface area contributed by atoms with Crippen molar-refractivity contribution in [3.8, 4) is 5.75 Å². The van der Waals surface area contributed by atoms with Crippen molar-refractivity contribution in [2.75, 3.05) is 33.7 Å². The number of amides is 1. The number of pyridine rings is 1. The van der Waals surface area contributed by atoms with Crippen molar-refractivity contribution < 1.29 is 15.0 Å². The Morgan fingerprint density at radius 3 is 2.95 bits per heavy atom. The molecule has 1 aliphatic heterocycles. The van der Waals surface area contributed by atoms with E-state index in [1.165, 1.54) is 12.3 Å². The van der Waals surface area contributed by atoms with E-state index in [0.29, 0.717) is 19.5 Å². The summed E-state index contributed by atoms with van der Waals surface area (Å²) in [6.45, 7) is 1.34. The van der Waals surface area contributed by atoms with Crippen molar-refractivity contribution in [1.82, 2.24) is 14.8 Å². The van der Waals surface area contributed by atoms with Crippen molar-refractivity contribution in [2.45, 2.75) is 18.4 Å². The summed E-state index contributed by atoms with van der Waals surface area (Å²) >= 11 is 0. The minimum Gasteiger partial charge on any atom is -0.505 e. The third kappa shape index (κ3) is 3.26. The van der Waals surface area contributed by atoms with Gasteiger partial charge < -0.3 is 20.0 Å². The van der Waals surface area contributed by atoms with Gasteiger partial charge in [0, 0.05) is 19.3 Å². The largest absolute Gasteiger partial charge is 0.505 e. The fourth-order valence-corrected chi connectivity index (χ4v) is 2.71. The molecule has 0 saturated carbocycles. The Morgan fingerprint density at radius 2 is 2.30 bits per heavy atom. The van der Waals surface area contributed by atoms with E-state index in [1.807, 2.05) is 19.0 Å². The number of hydrogen-bond donors (Lipinski definition) is 2. The van der Waals surface area contributed by atoms with E-state index < -0.39 is 5.60 Å². The summed E-state index contributed by atoms with van der Waals surface area (Å²) in [6.07, 6.45) is 2.88. The van der Waals surface area contributed by atoms with Gasteiger partial charge in [-0.3, -0.25) is 4.79 Å². The van der Waals surface area contributed by atoms with Gasteiger partial charge in [-0.1, -0.05) is 0 Å². The minimum atomic E-state index is -0.901. The number of likely N-dealkylation sites (tertiary alicyclic amines) is 1. The molecule has 2 rings (SSSR count). The van der Waals surface area contributed by atoms with Crippen LogP contribution < -0.4 is 0 Å². The predicted octanol–water partition coefficient (Wildman–Crippen LogP) is 0.316. The van der Waals surface area contributed by atoms with Gasteiger partial charge in [0.1, 0.15) is 5.75 Å². The maximum atomic E-state index is 12.4. The van der Waals surface area contributed by atoms with Gasteiger partial charge >= 0.3 is 0 Å². The zero-order valence-electron chi connectivity index (χ0n) is 11.9. The number of aromatic hydroxyl groups is 1. The molecule has 1 atom stereocenters. The molecule has 1 fully saturated rings. The van der Waals surface area contributed by atoms with Crippen molar-refractivity contribution in [3.63, 3.8) is 0 Å². The molecule has 1 amide bonds. The van der Waals surface area contributed by atoms with Gasteiger partial charge in [-0.25, -0.2) is 4.98 Å². The van der Waals surface area contributed by atoms with E-state index >= 15 is 0 Å². The first kappa shape index (κ1) is 14.7. The average molecular weight is 279 g/mol. The predicted molar refractivity (Wildman–Crippen MR) is 74.5 cm³/mol. The van der Waals surface area contributed by atoms with E-state index in [0.717, 1.165) is 6.42 Å². The molecule has 0 aromatic carbocycles. The van der Waals surface area contributed by atoms with Crippen LogP contribution in [0.3, 0.4) is 0 Å². The number of likely N-dealkylation sites (N-methyl/N-ethyl adjacent to an activating group) is 1. The van der Waals surface area contributed by atoms with Gasteiger partial charge in [0.25, 0.3) is 5.91 Å². The maximum Gasteiger partial charge on any atom is 0.276 e. The van der Waals surface area contributed by atoms with Gasteiger partial charge in [-0.05, 0) is 39.1 Å². The van der Waals surface area contributed by atoms with Crippen molar-refractivity contribution in [3.05, 3.63) is 24.0 Å². The summed E-state index contributed by atoms with van der Waals surface area (Å²) < 4.78 is 0. The Morgan fingerprint density at radius 1 is 1.55 bits per heavy atom. The van der Waals surface area contributed by atoms with E-state index in [9.17, 15) is 15.0 Å². The Labute approximate surface area is 118 Å². The number of piperidine rings is 1. The van der Waals surface area contributed by atoms with E-state index in [1.54, 1.807) is 11.0 Å². The highest BCUT2D eigenvalue weighted by Gasteiger charge is 2.36. The molecule has 6 nitrogen and oxygen atoms in total. The molecule has 1 saturated heterocycles. The molecule has 0 bridgehead atoms. The maximum absolute atomic E-state index is 12.4. The first-order valence-corrected chi connectivity index (χ1v) is 6.72. The lowest BCUT2D eigenvalue weighted by Crippen LogP contribution is -2.54. The SMILES string of the molecule is CN(C)CC1(O)CCCN(C(=O)c2ncccc2O)C1. The summed E-state index contributed by atoms with van der Waals surface area (Å²) in [4.78, 5) is 19.8. The molecule has 1 aliphatic rings. The molecule has 6 heteroatoms. The molecule has 1 unspecified atom stereocenters. The molecule has 1 aromatic heterocycles. The third-order valence-electron chi connectivity index (χ3n) is 3.44. The first-order chi connectivity index (χ1) is 9.41. The quantitative estimate of drug-likeness (QED) is 0.833. The van der Waals surface area contributed by atoms with Gasteiger partial charge in [-0.15, -0.1) is 0 Å². The summed E-state index contributed by atoms with van der Waals surface area (Å²) in [5, 5.41) is 20.3. The summed E-state index contributed by atoms with van der Waals surface area (Å²) in [6, 6.07) is 3.01. The normalized spacial score (nSPS) is 23.1. The molecule has 0 aliphatic carbocycles. The summed E-state index contributed by atoms with van der Waals surface area (Å²) in [5.74, 6) is -0.459. The monoisotopic (exact) mass is 279 g/mol. The van der Waals surface area contributed by atoms with Crippen LogP contribution in [0.5, 0.6) is 5.75 Å². The lowest BCUT2D eigenvalue weighted by Gasteiger charge is -2.40. The van der Waals surface area contributed by atoms with E-state index in [-0.39, 0.29) is 23.9 Å². The highest BCUT2D eigenvalue weighted by molar-refractivity contribution is 5.94. The highest BCUT2D eigenvalue weighted by atomic mass is 16.3. The molecule has 110 valence electrons. The second-order valence-corrected chi connectivity index (χ2v) is 5.66. The number of β-amino-alcohol motifs (C(OH)–C–C–N with tert-alkyl or cyclic N) is 1. The van der Waals surface area contributed by atoms with Crippen LogP contribution in [0.15, 0.2) is 18.3 Å². The Balaban J connectivity index is 2.13. The molecule has 1 aromatic rings. The van der Waals surface area contributed by atoms with Gasteiger partial charge in [0.05, 0.1) is 12.1 Å². The van der Waals surface area contributed by atoms with Gasteiger partial charge in [-0.2, -0.15) is 0 Å². The fraction of sp³-hybridized carbons (Fsp3) is 0.571. The molecule has 20 heavy (non-hydrogen) atoms. The van der Waals surface area contributed by atoms with E-state index in [4.69, 9.17) is 0 Å². The standard InChI is InChI=1S/C14H21N3O3/c1-16(2)9-14(20)6-4-8-17(10-14)13(19)12-11(18)5-3-7-15-12/h3,5,7,18,20H,4,6,8-10H2,1-2H3. The van der Waals surface area contributed by atoms with Gasteiger partial charge in [0.2, 0.25) is 0 Å². The van der Waals surface area contributed by atoms with Crippen LogP contribution in [0.1, 0.15) is 23.3 Å². The zero-order valence-corrected chi connectivity index (χ0v) is 11.9. The van der Waals surface area contributed by atoms with Crippen LogP contribution in [-0.2, 0) is 0 Å². The fourth-order valence-electron chi connectivity index (χ4n) is 2.71. The number of carbonyl (C=O) groups is 1. The smallest absolute Gasteiger partial charge is 0.276 e. The number of aliphatic hydroxyl groups is 1. The Kier molecular flexibility index (Phi) is 4.25. The third-order valence-corrected chi connectivity index (χ3v) is 3.44. The highest BCUT2D eigenvalue weighted by Crippen LogP contribution is 2.24. The Bertz CT molecular complexity index is 492. The van der Waals surface area contributed by atoms with Crippen molar-refractivity contribution >= 4 is 5.91 Å². The topological polar surface area (TPSA) is 76.9 Å². The number of nitrogens with zero attached hydrogens (tertiary/aromatic N) is 3. The van der Waals surface area contributed by atoms with Crippen LogP contribution in [0, 0.1) is 0 Å². The van der Waals surface area contributed by atoms with Gasteiger partial charge in [0.15, 0.2) is 5.69 Å². The van der Waals surface area contributed by atoms with Crippen LogP contribution >= 0.6 is 0 Å². The second-order valence-electron chi connectivity index (χ2n) is 5.66. The van der Waals surface area contributed by atoms with Crippen molar-refractivity contribution in [2.24, 2.45) is 0 Å². The number of carbonyl (C=O) groups excluding carboxylic acids is 1. The molecular formula is C14H21N3O3. The van der Waals surface area contributed by atoms with Crippen LogP contribution in [0.4, 0.5) is 0 Å². The molecular weight excluding hydrogens is 258 g/mol. The number of hydrogen-bond acceptors (Lipinski definition) is 5. The van der Waals surface area contributed by atoms with E-state index in [2.05, 4.69) is 4.98 Å². The number of rotatable bonds is 3. The number of aromatic nitrogens is 1. The van der Waals surface area contributed by atoms with Crippen LogP contribution in [-0.4, -0.2) is 70.2 Å². The van der Waals surface area contributed by atoms with Crippen molar-refractivity contribution in [1.29, 1.82) is 0 Å². The lowest BCUT2D eigenvalue weighted by atomic mass is 9.92. The summed E-state index contributed by atoms with van der Waals surface area (Å²) in [7, 11) is 3.78. The zero-order chi connectivity index (χ0) is 14.8. The molecule has 0 radical (unpaired) electrons. The first-order valence-electron chi connectivity index (χ1n) is 6.72. The Hall–Kier alpha value is -1.66.